The lowest BCUT2D eigenvalue weighted by molar-refractivity contribution is -0.144. The van der Waals surface area contributed by atoms with Gasteiger partial charge in [0.05, 0.1) is 5.92 Å². The molecule has 1 saturated carbocycles. The number of carboxylic acid groups (broad SMARTS) is 1. The molecule has 1 aliphatic carbocycles. The van der Waals surface area contributed by atoms with Gasteiger partial charge < -0.3 is 10.4 Å². The molecule has 3 nitrogen and oxygen atoms in total. The predicted molar refractivity (Wildman–Crippen MR) is 58.7 cm³/mol. The van der Waals surface area contributed by atoms with Crippen molar-refractivity contribution in [2.75, 3.05) is 6.54 Å². The Bertz CT molecular complexity index is 238. The largest absolute Gasteiger partial charge is 0.481 e. The molecule has 0 aromatic carbocycles. The van der Waals surface area contributed by atoms with Gasteiger partial charge in [-0.3, -0.25) is 4.79 Å². The molecule has 0 radical (unpaired) electrons. The second kappa shape index (κ2) is 4.52. The summed E-state index contributed by atoms with van der Waals surface area (Å²) < 4.78 is 0. The summed E-state index contributed by atoms with van der Waals surface area (Å²) in [5, 5.41) is 12.6. The second-order valence-corrected chi connectivity index (χ2v) is 5.05. The van der Waals surface area contributed by atoms with Crippen molar-refractivity contribution >= 4 is 5.97 Å². The number of hydrogen-bond donors (Lipinski definition) is 2. The highest BCUT2D eigenvalue weighted by Crippen LogP contribution is 2.38. The lowest BCUT2D eigenvalue weighted by Gasteiger charge is -2.41. The van der Waals surface area contributed by atoms with Crippen molar-refractivity contribution in [3.63, 3.8) is 0 Å². The minimum Gasteiger partial charge on any atom is -0.481 e. The third-order valence-corrected chi connectivity index (χ3v) is 4.26. The maximum absolute atomic E-state index is 11.2. The monoisotopic (exact) mass is 211 g/mol. The molecule has 15 heavy (non-hydrogen) atoms. The number of rotatable bonds is 3. The van der Waals surface area contributed by atoms with Gasteiger partial charge in [-0.1, -0.05) is 26.2 Å². The van der Waals surface area contributed by atoms with Gasteiger partial charge in [-0.2, -0.15) is 0 Å². The summed E-state index contributed by atoms with van der Waals surface area (Å²) in [7, 11) is 0. The van der Waals surface area contributed by atoms with Crippen LogP contribution in [-0.2, 0) is 4.79 Å². The van der Waals surface area contributed by atoms with Gasteiger partial charge in [0.25, 0.3) is 0 Å². The van der Waals surface area contributed by atoms with Gasteiger partial charge in [0.15, 0.2) is 0 Å². The number of carboxylic acids is 1. The van der Waals surface area contributed by atoms with Crippen molar-refractivity contribution in [3.8, 4) is 0 Å². The molecule has 0 amide bonds. The number of piperidine rings is 1. The first kappa shape index (κ1) is 10.9. The highest BCUT2D eigenvalue weighted by atomic mass is 16.4. The van der Waals surface area contributed by atoms with Crippen molar-refractivity contribution in [2.45, 2.75) is 45.1 Å². The Kier molecular flexibility index (Phi) is 3.29. The van der Waals surface area contributed by atoms with Crippen LogP contribution in [0.3, 0.4) is 0 Å². The van der Waals surface area contributed by atoms with E-state index in [0.29, 0.717) is 5.92 Å². The van der Waals surface area contributed by atoms with Gasteiger partial charge in [-0.15, -0.1) is 0 Å². The molecule has 2 rings (SSSR count). The summed E-state index contributed by atoms with van der Waals surface area (Å²) in [6, 6.07) is 0.193. The Morgan fingerprint density at radius 1 is 1.40 bits per heavy atom. The van der Waals surface area contributed by atoms with E-state index in [4.69, 9.17) is 0 Å². The van der Waals surface area contributed by atoms with E-state index in [2.05, 4.69) is 12.2 Å². The summed E-state index contributed by atoms with van der Waals surface area (Å²) in [5.41, 5.74) is 0. The summed E-state index contributed by atoms with van der Waals surface area (Å²) >= 11 is 0. The van der Waals surface area contributed by atoms with Crippen LogP contribution in [0.1, 0.15) is 39.0 Å². The van der Waals surface area contributed by atoms with Crippen LogP contribution < -0.4 is 5.32 Å². The van der Waals surface area contributed by atoms with Gasteiger partial charge in [0, 0.05) is 6.04 Å². The molecule has 86 valence electrons. The third kappa shape index (κ3) is 2.17. The van der Waals surface area contributed by atoms with E-state index in [1.54, 1.807) is 0 Å². The van der Waals surface area contributed by atoms with Gasteiger partial charge in [-0.25, -0.2) is 0 Å². The first-order chi connectivity index (χ1) is 7.22. The maximum atomic E-state index is 11.2. The van der Waals surface area contributed by atoms with E-state index < -0.39 is 5.97 Å². The lowest BCUT2D eigenvalue weighted by atomic mass is 9.69. The molecule has 3 atom stereocenters. The number of carbonyl (C=O) groups is 1. The standard InChI is InChI=1S/C12H21NO2/c1-2-11-10(12(14)15)6-9(7-13-11)8-4-3-5-8/h8-11,13H,2-7H2,1H3,(H,14,15). The first-order valence-electron chi connectivity index (χ1n) is 6.18. The predicted octanol–water partition coefficient (Wildman–Crippen LogP) is 1.88. The van der Waals surface area contributed by atoms with Gasteiger partial charge in [0.2, 0.25) is 0 Å². The fourth-order valence-electron chi connectivity index (χ4n) is 2.99. The van der Waals surface area contributed by atoms with Crippen LogP contribution in [0.4, 0.5) is 0 Å². The van der Waals surface area contributed by atoms with Crippen molar-refractivity contribution < 1.29 is 9.90 Å². The van der Waals surface area contributed by atoms with E-state index in [-0.39, 0.29) is 12.0 Å². The molecule has 0 aromatic rings. The van der Waals surface area contributed by atoms with Gasteiger partial charge in [-0.05, 0) is 31.2 Å². The summed E-state index contributed by atoms with van der Waals surface area (Å²) in [6.45, 7) is 3.10. The molecule has 3 unspecified atom stereocenters. The average molecular weight is 211 g/mol. The highest BCUT2D eigenvalue weighted by Gasteiger charge is 2.38. The fraction of sp³-hybridized carbons (Fsp3) is 0.917. The van der Waals surface area contributed by atoms with Crippen LogP contribution in [-0.4, -0.2) is 23.7 Å². The number of aliphatic carboxylic acids is 1. The highest BCUT2D eigenvalue weighted by molar-refractivity contribution is 5.71. The maximum Gasteiger partial charge on any atom is 0.308 e. The topological polar surface area (TPSA) is 49.3 Å². The molecular formula is C12H21NO2. The molecule has 2 N–H and O–H groups in total. The van der Waals surface area contributed by atoms with Crippen molar-refractivity contribution in [2.24, 2.45) is 17.8 Å². The molecule has 1 saturated heterocycles. The van der Waals surface area contributed by atoms with Crippen molar-refractivity contribution in [1.82, 2.24) is 5.32 Å². The number of nitrogens with one attached hydrogen (secondary N) is 1. The zero-order valence-corrected chi connectivity index (χ0v) is 9.41. The van der Waals surface area contributed by atoms with Crippen LogP contribution in [0.5, 0.6) is 0 Å². The molecule has 2 aliphatic rings. The average Bonchev–Trinajstić information content (AvgIpc) is 2.15. The van der Waals surface area contributed by atoms with Gasteiger partial charge >= 0.3 is 5.97 Å². The zero-order valence-electron chi connectivity index (χ0n) is 9.41. The molecule has 1 aliphatic heterocycles. The molecule has 2 fully saturated rings. The molecule has 0 bridgehead atoms. The Balaban J connectivity index is 1.95. The Labute approximate surface area is 91.2 Å². The normalized spacial score (nSPS) is 37.3. The summed E-state index contributed by atoms with van der Waals surface area (Å²) in [4.78, 5) is 11.2. The Morgan fingerprint density at radius 2 is 2.13 bits per heavy atom. The summed E-state index contributed by atoms with van der Waals surface area (Å²) in [5.74, 6) is 0.646. The Hall–Kier alpha value is -0.570. The van der Waals surface area contributed by atoms with Crippen LogP contribution >= 0.6 is 0 Å². The first-order valence-corrected chi connectivity index (χ1v) is 6.18. The van der Waals surface area contributed by atoms with E-state index in [0.717, 1.165) is 25.3 Å². The van der Waals surface area contributed by atoms with E-state index >= 15 is 0 Å². The summed E-state index contributed by atoms with van der Waals surface area (Å²) in [6.07, 6.45) is 5.79. The second-order valence-electron chi connectivity index (χ2n) is 5.05. The minimum absolute atomic E-state index is 0.158. The quantitative estimate of drug-likeness (QED) is 0.749. The molecule has 0 aromatic heterocycles. The van der Waals surface area contributed by atoms with E-state index in [1.807, 2.05) is 0 Å². The van der Waals surface area contributed by atoms with Crippen LogP contribution in [0.2, 0.25) is 0 Å². The third-order valence-electron chi connectivity index (χ3n) is 4.26. The fourth-order valence-corrected chi connectivity index (χ4v) is 2.99. The lowest BCUT2D eigenvalue weighted by Crippen LogP contribution is -2.50. The smallest absolute Gasteiger partial charge is 0.308 e. The van der Waals surface area contributed by atoms with Crippen LogP contribution in [0, 0.1) is 17.8 Å². The molecule has 3 heteroatoms. The molecule has 1 heterocycles. The van der Waals surface area contributed by atoms with Crippen LogP contribution in [0.15, 0.2) is 0 Å². The zero-order chi connectivity index (χ0) is 10.8. The minimum atomic E-state index is -0.613. The Morgan fingerprint density at radius 3 is 2.60 bits per heavy atom. The molecular weight excluding hydrogens is 190 g/mol. The number of hydrogen-bond acceptors (Lipinski definition) is 2. The van der Waals surface area contributed by atoms with Crippen LogP contribution in [0.25, 0.3) is 0 Å². The van der Waals surface area contributed by atoms with E-state index in [9.17, 15) is 9.90 Å². The van der Waals surface area contributed by atoms with Gasteiger partial charge in [0.1, 0.15) is 0 Å². The molecule has 0 spiro atoms. The van der Waals surface area contributed by atoms with E-state index in [1.165, 1.54) is 19.3 Å². The SMILES string of the molecule is CCC1NCC(C2CCC2)CC1C(=O)O. The van der Waals surface area contributed by atoms with Crippen molar-refractivity contribution in [3.05, 3.63) is 0 Å². The van der Waals surface area contributed by atoms with Crippen molar-refractivity contribution in [1.29, 1.82) is 0 Å².